The van der Waals surface area contributed by atoms with E-state index in [1.54, 1.807) is 0 Å². The molecule has 6 aromatic rings. The summed E-state index contributed by atoms with van der Waals surface area (Å²) in [6, 6.07) is 47.0. The molecule has 0 saturated carbocycles. The van der Waals surface area contributed by atoms with Crippen LogP contribution < -0.4 is 0 Å². The van der Waals surface area contributed by atoms with Gasteiger partial charge in [-0.1, -0.05) is 205 Å². The van der Waals surface area contributed by atoms with E-state index in [9.17, 15) is 0 Å². The summed E-state index contributed by atoms with van der Waals surface area (Å²) in [7, 11) is 0. The third-order valence-corrected chi connectivity index (χ3v) is 11.0. The van der Waals surface area contributed by atoms with Gasteiger partial charge in [-0.05, 0) is 119 Å². The fraction of sp³-hybridized carbons (Fsp3) is 0.321. The van der Waals surface area contributed by atoms with Gasteiger partial charge >= 0.3 is 0 Å². The van der Waals surface area contributed by atoms with Crippen molar-refractivity contribution in [3.63, 3.8) is 0 Å². The molecule has 3 aliphatic rings. The summed E-state index contributed by atoms with van der Waals surface area (Å²) in [5.74, 6) is 0. The zero-order valence-corrected chi connectivity index (χ0v) is 32.2. The molecule has 6 aromatic carbocycles. The normalized spacial score (nSPS) is 12.8. The molecule has 0 bridgehead atoms. The van der Waals surface area contributed by atoms with E-state index >= 15 is 0 Å². The van der Waals surface area contributed by atoms with Crippen LogP contribution in [0.1, 0.15) is 127 Å². The molecule has 0 fully saturated rings. The fourth-order valence-corrected chi connectivity index (χ4v) is 8.02. The van der Waals surface area contributed by atoms with Gasteiger partial charge in [-0.3, -0.25) is 0 Å². The van der Waals surface area contributed by atoms with Gasteiger partial charge in [0.25, 0.3) is 0 Å². The first kappa shape index (κ1) is 39.5. The molecule has 53 heavy (non-hydrogen) atoms. The second-order valence-electron chi connectivity index (χ2n) is 17.8. The maximum Gasteiger partial charge on any atom is -0.00133 e. The average molecular weight is 699 g/mol. The van der Waals surface area contributed by atoms with Crippen molar-refractivity contribution >= 4 is 0 Å². The summed E-state index contributed by atoms with van der Waals surface area (Å²) in [5.41, 5.74) is 22.5. The predicted molar refractivity (Wildman–Crippen MR) is 234 cm³/mol. The second-order valence-corrected chi connectivity index (χ2v) is 17.8. The van der Waals surface area contributed by atoms with Crippen LogP contribution in [0.25, 0.3) is 33.4 Å². The number of rotatable bonds is 0. The van der Waals surface area contributed by atoms with Gasteiger partial charge in [0.15, 0.2) is 0 Å². The Morgan fingerprint density at radius 1 is 0.321 bits per heavy atom. The molecule has 0 radical (unpaired) electrons. The third-order valence-electron chi connectivity index (χ3n) is 11.0. The Kier molecular flexibility index (Phi) is 11.2. The molecule has 0 heteroatoms. The Hall–Kier alpha value is -4.68. The molecule has 3 aliphatic carbocycles. The highest BCUT2D eigenvalue weighted by atomic mass is 14.3. The van der Waals surface area contributed by atoms with Crippen molar-refractivity contribution in [1.82, 2.24) is 0 Å². The summed E-state index contributed by atoms with van der Waals surface area (Å²) < 4.78 is 0. The highest BCUT2D eigenvalue weighted by Gasteiger charge is 2.26. The lowest BCUT2D eigenvalue weighted by molar-refractivity contribution is 0.589. The lowest BCUT2D eigenvalue weighted by atomic mass is 9.81. The largest absolute Gasteiger partial charge is 0.0776 e. The molecule has 0 spiro atoms. The maximum atomic E-state index is 2.38. The summed E-state index contributed by atoms with van der Waals surface area (Å²) in [6.45, 7) is 20.5. The van der Waals surface area contributed by atoms with E-state index in [1.807, 2.05) is 0 Å². The molecule has 0 aromatic heterocycles. The Balaban J connectivity index is 0.000000150. The van der Waals surface area contributed by atoms with Crippen LogP contribution in [0.3, 0.4) is 0 Å². The van der Waals surface area contributed by atoms with Gasteiger partial charge in [0, 0.05) is 0 Å². The van der Waals surface area contributed by atoms with Crippen molar-refractivity contribution in [2.75, 3.05) is 0 Å². The van der Waals surface area contributed by atoms with Gasteiger partial charge in [-0.25, -0.2) is 0 Å². The predicted octanol–water partition coefficient (Wildman–Crippen LogP) is 14.9. The van der Waals surface area contributed by atoms with Crippen molar-refractivity contribution in [1.29, 1.82) is 0 Å². The first-order chi connectivity index (χ1) is 24.2. The lowest BCUT2D eigenvalue weighted by Gasteiger charge is -2.23. The number of hydrogen-bond donors (Lipinski definition) is 0. The van der Waals surface area contributed by atoms with Gasteiger partial charge in [-0.15, -0.1) is 0 Å². The van der Waals surface area contributed by atoms with Gasteiger partial charge < -0.3 is 0 Å². The Morgan fingerprint density at radius 2 is 0.736 bits per heavy atom. The number of hydrogen-bond acceptors (Lipinski definition) is 0. The third kappa shape index (κ3) is 7.99. The molecule has 0 saturated heterocycles. The highest BCUT2D eigenvalue weighted by molar-refractivity contribution is 5.81. The van der Waals surface area contributed by atoms with Crippen molar-refractivity contribution < 1.29 is 0 Å². The summed E-state index contributed by atoms with van der Waals surface area (Å²) in [5, 5.41) is 0. The van der Waals surface area contributed by atoms with Crippen LogP contribution in [0.5, 0.6) is 0 Å². The Bertz CT molecular complexity index is 2220. The molecule has 0 amide bonds. The van der Waals surface area contributed by atoms with E-state index in [-0.39, 0.29) is 31.1 Å². The van der Waals surface area contributed by atoms with Crippen LogP contribution in [0, 0.1) is 0 Å². The van der Waals surface area contributed by atoms with E-state index in [1.165, 1.54) is 83.5 Å². The first-order valence-electron chi connectivity index (χ1n) is 18.8. The maximum absolute atomic E-state index is 2.38. The molecule has 9 rings (SSSR count). The molecule has 0 N–H and O–H groups in total. The zero-order valence-electron chi connectivity index (χ0n) is 32.2. The number of fused-ring (bicyclic) bond motifs is 9. The fourth-order valence-electron chi connectivity index (χ4n) is 8.02. The summed E-state index contributed by atoms with van der Waals surface area (Å²) >= 11 is 0. The van der Waals surface area contributed by atoms with Gasteiger partial charge in [0.1, 0.15) is 0 Å². The van der Waals surface area contributed by atoms with Gasteiger partial charge in [-0.2, -0.15) is 0 Å². The Morgan fingerprint density at radius 3 is 1.32 bits per heavy atom. The molecule has 0 unspecified atom stereocenters. The first-order valence-corrected chi connectivity index (χ1v) is 18.8. The van der Waals surface area contributed by atoms with Crippen molar-refractivity contribution in [2.45, 2.75) is 113 Å². The molecule has 0 heterocycles. The molecule has 0 nitrogen and oxygen atoms in total. The van der Waals surface area contributed by atoms with Crippen LogP contribution in [0.2, 0.25) is 0 Å². The lowest BCUT2D eigenvalue weighted by Crippen LogP contribution is -2.12. The van der Waals surface area contributed by atoms with Crippen LogP contribution in [-0.2, 0) is 35.5 Å². The quantitative estimate of drug-likeness (QED) is 0.148. The average Bonchev–Trinajstić information content (AvgIpc) is 3.78. The minimum Gasteiger partial charge on any atom is -0.0776 e. The standard InChI is InChI=1S/3C17H18.2CH4/c1-17(2,3)15-10-6-8-13-11-12-7-4-5-9-14(12)16(13)15;1-17(2,3)14-8-9-16-13(11-14)10-12-6-4-5-7-15(12)16;1-17(2,3)14-9-8-13-10-12-6-4-5-7-15(12)16(13)11-14;;/h4-10H,11H2,1-3H3;2*4-9,11H,10H2,1-3H3;2*1H4. The minimum absolute atomic E-state index is 0. The summed E-state index contributed by atoms with van der Waals surface area (Å²) in [4.78, 5) is 0. The van der Waals surface area contributed by atoms with Crippen LogP contribution in [0.4, 0.5) is 0 Å². The van der Waals surface area contributed by atoms with Crippen LogP contribution in [-0.4, -0.2) is 0 Å². The van der Waals surface area contributed by atoms with Crippen molar-refractivity contribution in [2.24, 2.45) is 0 Å². The van der Waals surface area contributed by atoms with Crippen LogP contribution in [0.15, 0.2) is 127 Å². The smallest absolute Gasteiger partial charge is 0.00133 e. The van der Waals surface area contributed by atoms with Gasteiger partial charge in [0.05, 0.1) is 0 Å². The Labute approximate surface area is 322 Å². The minimum atomic E-state index is 0. The zero-order chi connectivity index (χ0) is 36.1. The van der Waals surface area contributed by atoms with Crippen LogP contribution >= 0.6 is 0 Å². The topological polar surface area (TPSA) is 0 Å². The van der Waals surface area contributed by atoms with Crippen molar-refractivity contribution in [3.05, 3.63) is 177 Å². The SMILES string of the molecule is C.C.CC(C)(C)c1ccc2c(c1)-c1ccccc1C2.CC(C)(C)c1ccc2c(c1)Cc1ccccc1-2.CC(C)(C)c1cccc2c1-c1ccccc1C2. The number of benzene rings is 6. The van der Waals surface area contributed by atoms with E-state index in [0.29, 0.717) is 0 Å². The molecular weight excluding hydrogens is 637 g/mol. The molecule has 0 atom stereocenters. The van der Waals surface area contributed by atoms with E-state index in [0.717, 1.165) is 19.3 Å². The highest BCUT2D eigenvalue weighted by Crippen LogP contribution is 2.43. The van der Waals surface area contributed by atoms with Gasteiger partial charge in [0.2, 0.25) is 0 Å². The van der Waals surface area contributed by atoms with E-state index in [4.69, 9.17) is 0 Å². The second kappa shape index (κ2) is 15.0. The van der Waals surface area contributed by atoms with E-state index in [2.05, 4.69) is 190 Å². The molecule has 0 aliphatic heterocycles. The van der Waals surface area contributed by atoms with E-state index < -0.39 is 0 Å². The van der Waals surface area contributed by atoms with Crippen molar-refractivity contribution in [3.8, 4) is 33.4 Å². The summed E-state index contributed by atoms with van der Waals surface area (Å²) in [6.07, 6.45) is 3.28. The monoisotopic (exact) mass is 698 g/mol. The molecular formula is C53H62. The molecule has 274 valence electrons.